The molecule has 0 aliphatic rings. The maximum Gasteiger partial charge on any atom is 0.255 e. The number of hydrogen-bond donors (Lipinski definition) is 1. The predicted octanol–water partition coefficient (Wildman–Crippen LogP) is 0.398. The van der Waals surface area contributed by atoms with Crippen molar-refractivity contribution in [1.82, 2.24) is 19.7 Å². The van der Waals surface area contributed by atoms with Gasteiger partial charge in [-0.1, -0.05) is 11.8 Å². The number of carbonyl (C=O) groups is 1. The van der Waals surface area contributed by atoms with Crippen molar-refractivity contribution >= 4 is 5.91 Å². The van der Waals surface area contributed by atoms with E-state index in [1.807, 2.05) is 13.2 Å². The number of amides is 1. The van der Waals surface area contributed by atoms with Gasteiger partial charge in [0.2, 0.25) is 0 Å². The van der Waals surface area contributed by atoms with Gasteiger partial charge in [-0.15, -0.1) is 0 Å². The fourth-order valence-corrected chi connectivity index (χ4v) is 1.93. The van der Waals surface area contributed by atoms with E-state index in [-0.39, 0.29) is 12.5 Å². The fraction of sp³-hybridized carbons (Fsp3) is 0.267. The van der Waals surface area contributed by atoms with E-state index in [2.05, 4.69) is 21.9 Å². The molecule has 0 saturated heterocycles. The van der Waals surface area contributed by atoms with E-state index < -0.39 is 0 Å². The van der Waals surface area contributed by atoms with Crippen molar-refractivity contribution in [2.45, 2.75) is 6.54 Å². The van der Waals surface area contributed by atoms with Crippen LogP contribution in [0.3, 0.4) is 0 Å². The summed E-state index contributed by atoms with van der Waals surface area (Å²) in [7, 11) is 3.59. The minimum absolute atomic E-state index is 0.109. The first-order valence-corrected chi connectivity index (χ1v) is 6.47. The maximum atomic E-state index is 12.5. The lowest BCUT2D eigenvalue weighted by atomic mass is 10.1. The summed E-state index contributed by atoms with van der Waals surface area (Å²) in [6.07, 6.45) is 6.78. The van der Waals surface area contributed by atoms with Gasteiger partial charge in [-0.25, -0.2) is 0 Å². The van der Waals surface area contributed by atoms with Gasteiger partial charge in [0.1, 0.15) is 0 Å². The summed E-state index contributed by atoms with van der Waals surface area (Å²) < 4.78 is 1.71. The Labute approximate surface area is 123 Å². The number of carbonyl (C=O) groups excluding carboxylic acids is 1. The van der Waals surface area contributed by atoms with Crippen LogP contribution in [-0.2, 0) is 13.6 Å². The quantitative estimate of drug-likeness (QED) is 0.827. The lowest BCUT2D eigenvalue weighted by Gasteiger charge is -2.17. The Kier molecular flexibility index (Phi) is 4.69. The van der Waals surface area contributed by atoms with Crippen LogP contribution in [0.4, 0.5) is 0 Å². The van der Waals surface area contributed by atoms with Gasteiger partial charge >= 0.3 is 0 Å². The molecule has 0 unspecified atom stereocenters. The van der Waals surface area contributed by atoms with Crippen LogP contribution in [0, 0.1) is 11.8 Å². The largest absolute Gasteiger partial charge is 0.337 e. The third-order valence-electron chi connectivity index (χ3n) is 2.90. The zero-order valence-corrected chi connectivity index (χ0v) is 12.1. The van der Waals surface area contributed by atoms with Crippen LogP contribution in [0.15, 0.2) is 30.9 Å². The highest BCUT2D eigenvalue weighted by atomic mass is 16.2. The molecule has 2 aromatic rings. The summed E-state index contributed by atoms with van der Waals surface area (Å²) in [5, 5.41) is 4.09. The third-order valence-corrected chi connectivity index (χ3v) is 2.90. The third kappa shape index (κ3) is 3.68. The van der Waals surface area contributed by atoms with Crippen LogP contribution < -0.4 is 5.73 Å². The van der Waals surface area contributed by atoms with Gasteiger partial charge in [0.25, 0.3) is 5.91 Å². The molecule has 2 N–H and O–H groups in total. The maximum absolute atomic E-state index is 12.5. The van der Waals surface area contributed by atoms with E-state index in [1.54, 1.807) is 41.3 Å². The number of hydrogen-bond acceptors (Lipinski definition) is 4. The molecule has 6 heteroatoms. The number of rotatable bonds is 3. The monoisotopic (exact) mass is 283 g/mol. The summed E-state index contributed by atoms with van der Waals surface area (Å²) in [6, 6.07) is 1.67. The molecule has 0 spiro atoms. The average molecular weight is 283 g/mol. The highest BCUT2D eigenvalue weighted by Crippen LogP contribution is 2.11. The molecule has 6 nitrogen and oxygen atoms in total. The van der Waals surface area contributed by atoms with Crippen LogP contribution >= 0.6 is 0 Å². The Morgan fingerprint density at radius 3 is 2.95 bits per heavy atom. The molecule has 2 rings (SSSR count). The minimum atomic E-state index is -0.109. The van der Waals surface area contributed by atoms with E-state index in [0.717, 1.165) is 5.56 Å². The second-order valence-corrected chi connectivity index (χ2v) is 4.61. The average Bonchev–Trinajstić information content (AvgIpc) is 2.89. The summed E-state index contributed by atoms with van der Waals surface area (Å²) in [5.74, 6) is 5.51. The van der Waals surface area contributed by atoms with Crippen LogP contribution in [0.2, 0.25) is 0 Å². The molecule has 0 aromatic carbocycles. The van der Waals surface area contributed by atoms with Gasteiger partial charge in [-0.05, 0) is 6.07 Å². The summed E-state index contributed by atoms with van der Waals surface area (Å²) in [5.41, 5.74) is 7.45. The first-order valence-electron chi connectivity index (χ1n) is 6.47. The second kappa shape index (κ2) is 6.68. The molecule has 2 heterocycles. The molecule has 0 radical (unpaired) electrons. The predicted molar refractivity (Wildman–Crippen MR) is 79.2 cm³/mol. The standard InChI is InChI=1S/C15H17N5O/c1-19(10-12-8-18-20(2)11-12)15(21)14-5-7-17-9-13(14)4-3-6-16/h5,7-9,11H,6,10,16H2,1-2H3. The number of aromatic nitrogens is 3. The van der Waals surface area contributed by atoms with Crippen LogP contribution in [0.1, 0.15) is 21.5 Å². The van der Waals surface area contributed by atoms with E-state index in [1.165, 1.54) is 0 Å². The molecule has 21 heavy (non-hydrogen) atoms. The lowest BCUT2D eigenvalue weighted by Crippen LogP contribution is -2.26. The van der Waals surface area contributed by atoms with Gasteiger partial charge in [0, 0.05) is 44.8 Å². The summed E-state index contributed by atoms with van der Waals surface area (Å²) in [6.45, 7) is 0.729. The van der Waals surface area contributed by atoms with Crippen LogP contribution in [0.25, 0.3) is 0 Å². The number of pyridine rings is 1. The van der Waals surface area contributed by atoms with Gasteiger partial charge in [-0.3, -0.25) is 14.5 Å². The molecule has 2 aromatic heterocycles. The number of aryl methyl sites for hydroxylation is 1. The Morgan fingerprint density at radius 2 is 2.29 bits per heavy atom. The molecule has 0 aliphatic carbocycles. The molecule has 0 aliphatic heterocycles. The van der Waals surface area contributed by atoms with Crippen molar-refractivity contribution in [1.29, 1.82) is 0 Å². The van der Waals surface area contributed by atoms with Crippen molar-refractivity contribution in [3.8, 4) is 11.8 Å². The summed E-state index contributed by atoms with van der Waals surface area (Å²) in [4.78, 5) is 18.1. The topological polar surface area (TPSA) is 77.0 Å². The Morgan fingerprint density at radius 1 is 1.48 bits per heavy atom. The van der Waals surface area contributed by atoms with Crippen LogP contribution in [-0.4, -0.2) is 39.2 Å². The van der Waals surface area contributed by atoms with E-state index in [9.17, 15) is 4.79 Å². The summed E-state index contributed by atoms with van der Waals surface area (Å²) >= 11 is 0. The molecule has 0 atom stereocenters. The Balaban J connectivity index is 2.19. The first kappa shape index (κ1) is 14.8. The van der Waals surface area contributed by atoms with Gasteiger partial charge < -0.3 is 10.6 Å². The van der Waals surface area contributed by atoms with E-state index in [4.69, 9.17) is 5.73 Å². The molecule has 108 valence electrons. The molecular weight excluding hydrogens is 266 g/mol. The number of nitrogens with zero attached hydrogens (tertiary/aromatic N) is 4. The highest BCUT2D eigenvalue weighted by Gasteiger charge is 2.15. The van der Waals surface area contributed by atoms with Gasteiger partial charge in [0.05, 0.1) is 23.9 Å². The molecule has 0 bridgehead atoms. The molecule has 0 fully saturated rings. The van der Waals surface area contributed by atoms with E-state index >= 15 is 0 Å². The zero-order chi connectivity index (χ0) is 15.2. The molecular formula is C15H17N5O. The smallest absolute Gasteiger partial charge is 0.255 e. The van der Waals surface area contributed by atoms with Crippen molar-refractivity contribution in [2.75, 3.05) is 13.6 Å². The van der Waals surface area contributed by atoms with Crippen LogP contribution in [0.5, 0.6) is 0 Å². The lowest BCUT2D eigenvalue weighted by molar-refractivity contribution is 0.0784. The minimum Gasteiger partial charge on any atom is -0.337 e. The number of nitrogens with two attached hydrogens (primary N) is 1. The highest BCUT2D eigenvalue weighted by molar-refractivity contribution is 5.96. The van der Waals surface area contributed by atoms with Gasteiger partial charge in [0.15, 0.2) is 0 Å². The van der Waals surface area contributed by atoms with Crippen molar-refractivity contribution in [2.24, 2.45) is 12.8 Å². The first-order chi connectivity index (χ1) is 10.1. The molecule has 1 amide bonds. The van der Waals surface area contributed by atoms with Crippen molar-refractivity contribution in [3.63, 3.8) is 0 Å². The molecule has 0 saturated carbocycles. The Hall–Kier alpha value is -2.65. The van der Waals surface area contributed by atoms with Crippen molar-refractivity contribution in [3.05, 3.63) is 47.5 Å². The fourth-order valence-electron chi connectivity index (χ4n) is 1.93. The van der Waals surface area contributed by atoms with E-state index in [0.29, 0.717) is 17.7 Å². The normalized spacial score (nSPS) is 9.86. The van der Waals surface area contributed by atoms with Gasteiger partial charge in [-0.2, -0.15) is 5.10 Å². The Bertz CT molecular complexity index is 695. The second-order valence-electron chi connectivity index (χ2n) is 4.61. The SMILES string of the molecule is CN(Cc1cnn(C)c1)C(=O)c1ccncc1C#CCN. The van der Waals surface area contributed by atoms with Crippen molar-refractivity contribution < 1.29 is 4.79 Å². The zero-order valence-electron chi connectivity index (χ0n) is 12.1.